The third-order valence-corrected chi connectivity index (χ3v) is 5.73. The molecule has 4 heteroatoms. The topological polar surface area (TPSA) is 57.6 Å². The summed E-state index contributed by atoms with van der Waals surface area (Å²) < 4.78 is 0. The van der Waals surface area contributed by atoms with Gasteiger partial charge >= 0.3 is 0 Å². The van der Waals surface area contributed by atoms with E-state index in [-0.39, 0.29) is 30.2 Å². The summed E-state index contributed by atoms with van der Waals surface area (Å²) in [6.45, 7) is 2.42. The van der Waals surface area contributed by atoms with Crippen LogP contribution in [0.25, 0.3) is 0 Å². The van der Waals surface area contributed by atoms with E-state index < -0.39 is 5.60 Å². The van der Waals surface area contributed by atoms with Crippen molar-refractivity contribution in [2.24, 2.45) is 17.8 Å². The Bertz CT molecular complexity index is 390. The Morgan fingerprint density at radius 2 is 1.65 bits per heavy atom. The van der Waals surface area contributed by atoms with Crippen molar-refractivity contribution in [1.29, 1.82) is 0 Å². The number of aliphatic hydroxyl groups is 1. The van der Waals surface area contributed by atoms with Crippen LogP contribution in [0.2, 0.25) is 0 Å². The maximum Gasteiger partial charge on any atom is 0.232 e. The molecule has 2 saturated carbocycles. The molecule has 0 radical (unpaired) electrons. The van der Waals surface area contributed by atoms with Crippen molar-refractivity contribution in [3.8, 4) is 0 Å². The molecule has 0 aromatic carbocycles. The van der Waals surface area contributed by atoms with E-state index in [9.17, 15) is 14.7 Å². The fourth-order valence-corrected chi connectivity index (χ4v) is 4.21. The lowest BCUT2D eigenvalue weighted by Crippen LogP contribution is -2.54. The molecule has 3 aliphatic rings. The number of nitrogens with zero attached hydrogens (tertiary/aromatic N) is 1. The van der Waals surface area contributed by atoms with Crippen molar-refractivity contribution in [2.75, 3.05) is 6.54 Å². The average Bonchev–Trinajstić information content (AvgIpc) is 2.90. The van der Waals surface area contributed by atoms with Gasteiger partial charge in [0.1, 0.15) is 0 Å². The quantitative estimate of drug-likeness (QED) is 0.805. The Morgan fingerprint density at radius 1 is 1.10 bits per heavy atom. The van der Waals surface area contributed by atoms with Crippen LogP contribution < -0.4 is 0 Å². The summed E-state index contributed by atoms with van der Waals surface area (Å²) in [5.74, 6) is 0.699. The zero-order valence-electron chi connectivity index (χ0n) is 12.3. The second-order valence-corrected chi connectivity index (χ2v) is 7.05. The lowest BCUT2D eigenvalue weighted by atomic mass is 9.77. The summed E-state index contributed by atoms with van der Waals surface area (Å²) in [6.07, 6.45) is 7.05. The number of piperidine rings is 1. The summed E-state index contributed by atoms with van der Waals surface area (Å²) in [5, 5.41) is 10.7. The van der Waals surface area contributed by atoms with Crippen molar-refractivity contribution in [2.45, 2.75) is 63.9 Å². The van der Waals surface area contributed by atoms with Gasteiger partial charge in [-0.05, 0) is 50.9 Å². The van der Waals surface area contributed by atoms with Crippen LogP contribution in [0.4, 0.5) is 0 Å². The zero-order chi connectivity index (χ0) is 14.3. The Balaban J connectivity index is 1.68. The highest BCUT2D eigenvalue weighted by Gasteiger charge is 2.47. The summed E-state index contributed by atoms with van der Waals surface area (Å²) >= 11 is 0. The molecule has 112 valence electrons. The number of amides is 2. The van der Waals surface area contributed by atoms with E-state index in [4.69, 9.17) is 0 Å². The second kappa shape index (κ2) is 5.14. The summed E-state index contributed by atoms with van der Waals surface area (Å²) in [4.78, 5) is 26.0. The highest BCUT2D eigenvalue weighted by molar-refractivity contribution is 6.00. The molecule has 0 aromatic heterocycles. The number of hydrogen-bond donors (Lipinski definition) is 1. The number of likely N-dealkylation sites (tertiary alicyclic amines) is 1. The molecule has 0 spiro atoms. The van der Waals surface area contributed by atoms with E-state index >= 15 is 0 Å². The van der Waals surface area contributed by atoms with Gasteiger partial charge in [0.2, 0.25) is 11.8 Å². The van der Waals surface area contributed by atoms with Gasteiger partial charge in [-0.25, -0.2) is 0 Å². The van der Waals surface area contributed by atoms with E-state index in [2.05, 4.69) is 6.92 Å². The minimum atomic E-state index is -0.840. The fraction of sp³-hybridized carbons (Fsp3) is 0.875. The first kappa shape index (κ1) is 14.1. The van der Waals surface area contributed by atoms with Crippen LogP contribution in [-0.4, -0.2) is 34.0 Å². The molecule has 1 heterocycles. The molecular formula is C16H25NO3. The standard InChI is InChI=1S/C16H25NO3/c1-2-11-5-7-16(20,8-6-11)10-17-14(18)12-3-4-13(9-12)15(17)19/h11-13,20H,2-10H2,1H3. The summed E-state index contributed by atoms with van der Waals surface area (Å²) in [5.41, 5.74) is -0.840. The number of carbonyl (C=O) groups is 2. The van der Waals surface area contributed by atoms with Gasteiger partial charge in [-0.1, -0.05) is 13.3 Å². The molecular weight excluding hydrogens is 254 g/mol. The lowest BCUT2D eigenvalue weighted by Gasteiger charge is -2.40. The van der Waals surface area contributed by atoms with Crippen LogP contribution in [-0.2, 0) is 9.59 Å². The SMILES string of the molecule is CCC1CCC(O)(CN2C(=O)C3CCC(C3)C2=O)CC1. The maximum absolute atomic E-state index is 12.3. The first-order valence-corrected chi connectivity index (χ1v) is 8.10. The van der Waals surface area contributed by atoms with Gasteiger partial charge in [0.25, 0.3) is 0 Å². The number of fused-ring (bicyclic) bond motifs is 2. The molecule has 2 bridgehead atoms. The maximum atomic E-state index is 12.3. The number of imide groups is 1. The van der Waals surface area contributed by atoms with Crippen LogP contribution in [0.5, 0.6) is 0 Å². The highest BCUT2D eigenvalue weighted by atomic mass is 16.3. The Morgan fingerprint density at radius 3 is 2.15 bits per heavy atom. The summed E-state index contributed by atoms with van der Waals surface area (Å²) in [6, 6.07) is 0. The molecule has 4 nitrogen and oxygen atoms in total. The number of rotatable bonds is 3. The largest absolute Gasteiger partial charge is 0.388 e. The third kappa shape index (κ3) is 2.39. The molecule has 2 aliphatic carbocycles. The fourth-order valence-electron chi connectivity index (χ4n) is 4.21. The molecule has 20 heavy (non-hydrogen) atoms. The van der Waals surface area contributed by atoms with Crippen LogP contribution in [0, 0.1) is 17.8 Å². The smallest absolute Gasteiger partial charge is 0.232 e. The zero-order valence-corrected chi connectivity index (χ0v) is 12.3. The number of β-amino-alcohol motifs (C(OH)–C–C–N with tert-alkyl or cyclic N) is 1. The number of hydrogen-bond acceptors (Lipinski definition) is 3. The normalized spacial score (nSPS) is 41.3. The van der Waals surface area contributed by atoms with Crippen molar-refractivity contribution in [3.05, 3.63) is 0 Å². The van der Waals surface area contributed by atoms with Crippen LogP contribution in [0.15, 0.2) is 0 Å². The first-order chi connectivity index (χ1) is 9.52. The monoisotopic (exact) mass is 279 g/mol. The lowest BCUT2D eigenvalue weighted by molar-refractivity contribution is -0.158. The predicted molar refractivity (Wildman–Crippen MR) is 74.7 cm³/mol. The molecule has 1 aliphatic heterocycles. The van der Waals surface area contributed by atoms with Crippen LogP contribution in [0.1, 0.15) is 58.3 Å². The molecule has 2 unspecified atom stereocenters. The van der Waals surface area contributed by atoms with Gasteiger partial charge in [-0.2, -0.15) is 0 Å². The molecule has 0 aromatic rings. The van der Waals surface area contributed by atoms with Crippen molar-refractivity contribution in [3.63, 3.8) is 0 Å². The third-order valence-electron chi connectivity index (χ3n) is 5.73. The van der Waals surface area contributed by atoms with E-state index in [1.807, 2.05) is 0 Å². The van der Waals surface area contributed by atoms with E-state index in [1.165, 1.54) is 4.90 Å². The van der Waals surface area contributed by atoms with Gasteiger partial charge in [0.15, 0.2) is 0 Å². The van der Waals surface area contributed by atoms with Crippen molar-refractivity contribution >= 4 is 11.8 Å². The molecule has 1 saturated heterocycles. The van der Waals surface area contributed by atoms with E-state index in [0.717, 1.165) is 51.4 Å². The van der Waals surface area contributed by atoms with Gasteiger partial charge in [0, 0.05) is 11.8 Å². The molecule has 2 amide bonds. The van der Waals surface area contributed by atoms with Crippen molar-refractivity contribution in [1.82, 2.24) is 4.90 Å². The van der Waals surface area contributed by atoms with Gasteiger partial charge < -0.3 is 5.11 Å². The van der Waals surface area contributed by atoms with Gasteiger partial charge in [0.05, 0.1) is 12.1 Å². The predicted octanol–water partition coefficient (Wildman–Crippen LogP) is 2.10. The van der Waals surface area contributed by atoms with Crippen molar-refractivity contribution < 1.29 is 14.7 Å². The minimum absolute atomic E-state index is 0.0326. The van der Waals surface area contributed by atoms with E-state index in [1.54, 1.807) is 0 Å². The van der Waals surface area contributed by atoms with Crippen LogP contribution in [0.3, 0.4) is 0 Å². The van der Waals surface area contributed by atoms with E-state index in [0.29, 0.717) is 5.92 Å². The average molecular weight is 279 g/mol. The molecule has 3 rings (SSSR count). The first-order valence-electron chi connectivity index (χ1n) is 8.10. The summed E-state index contributed by atoms with van der Waals surface area (Å²) in [7, 11) is 0. The van der Waals surface area contributed by atoms with Gasteiger partial charge in [-0.15, -0.1) is 0 Å². The Hall–Kier alpha value is -0.900. The highest BCUT2D eigenvalue weighted by Crippen LogP contribution is 2.40. The number of carbonyl (C=O) groups excluding carboxylic acids is 2. The molecule has 3 fully saturated rings. The Kier molecular flexibility index (Phi) is 3.61. The second-order valence-electron chi connectivity index (χ2n) is 7.05. The molecule has 2 atom stereocenters. The molecule has 1 N–H and O–H groups in total. The Labute approximate surface area is 120 Å². The van der Waals surface area contributed by atoms with Gasteiger partial charge in [-0.3, -0.25) is 14.5 Å². The minimum Gasteiger partial charge on any atom is -0.388 e. The van der Waals surface area contributed by atoms with Crippen LogP contribution >= 0.6 is 0 Å².